The lowest BCUT2D eigenvalue weighted by Gasteiger charge is -2.31. The van der Waals surface area contributed by atoms with Crippen molar-refractivity contribution in [2.75, 3.05) is 7.11 Å². The Morgan fingerprint density at radius 2 is 1.21 bits per heavy atom. The highest BCUT2D eigenvalue weighted by atomic mass is 16.5. The number of ether oxygens (including phenoxy) is 1. The van der Waals surface area contributed by atoms with Crippen LogP contribution in [-0.4, -0.2) is 17.3 Å². The molecule has 2 N–H and O–H groups in total. The molecule has 0 heterocycles. The molecule has 3 aromatic carbocycles. The van der Waals surface area contributed by atoms with Gasteiger partial charge in [0.2, 0.25) is 0 Å². The molecule has 2 fully saturated rings. The van der Waals surface area contributed by atoms with E-state index in [1.54, 1.807) is 7.11 Å². The Hall–Kier alpha value is -2.62. The van der Waals surface area contributed by atoms with E-state index in [0.717, 1.165) is 22.4 Å². The standard InChI is InChI=1S/C36H46O3/c1-24-18-29(23-38)33(26-12-6-4-7-13-26)20-31(24)36(30-17-11-10-16-28(30)22-37)32-21-34(27-14-8-5-9-15-27)35(39-3)19-25(32)2/h10-11,16-21,26-27,36-38H,4-9,12-15,22-23H2,1-3H3. The minimum Gasteiger partial charge on any atom is -0.496 e. The molecule has 208 valence electrons. The molecule has 0 radical (unpaired) electrons. The van der Waals surface area contributed by atoms with Crippen molar-refractivity contribution in [3.63, 3.8) is 0 Å². The van der Waals surface area contributed by atoms with Gasteiger partial charge in [-0.25, -0.2) is 0 Å². The number of hydrogen-bond donors (Lipinski definition) is 2. The maximum atomic E-state index is 10.4. The van der Waals surface area contributed by atoms with Gasteiger partial charge in [0.05, 0.1) is 20.3 Å². The summed E-state index contributed by atoms with van der Waals surface area (Å²) in [6, 6.07) is 17.7. The van der Waals surface area contributed by atoms with Crippen molar-refractivity contribution in [3.8, 4) is 5.75 Å². The number of rotatable bonds is 8. The lowest BCUT2D eigenvalue weighted by atomic mass is 9.74. The summed E-state index contributed by atoms with van der Waals surface area (Å²) in [5.41, 5.74) is 10.9. The van der Waals surface area contributed by atoms with Crippen molar-refractivity contribution in [1.29, 1.82) is 0 Å². The summed E-state index contributed by atoms with van der Waals surface area (Å²) >= 11 is 0. The van der Waals surface area contributed by atoms with E-state index in [0.29, 0.717) is 11.8 Å². The molecule has 0 amide bonds. The Bertz CT molecular complexity index is 1190. The first-order chi connectivity index (χ1) is 19.0. The molecule has 0 saturated heterocycles. The second-order valence-corrected chi connectivity index (χ2v) is 12.0. The predicted molar refractivity (Wildman–Crippen MR) is 160 cm³/mol. The zero-order chi connectivity index (χ0) is 27.4. The van der Waals surface area contributed by atoms with Crippen LogP contribution in [0.4, 0.5) is 0 Å². The highest BCUT2D eigenvalue weighted by molar-refractivity contribution is 5.56. The summed E-state index contributed by atoms with van der Waals surface area (Å²) in [6.45, 7) is 4.49. The minimum atomic E-state index is -0.00307. The summed E-state index contributed by atoms with van der Waals surface area (Å²) in [5, 5.41) is 20.8. The molecule has 0 aromatic heterocycles. The number of aryl methyl sites for hydroxylation is 2. The van der Waals surface area contributed by atoms with Crippen LogP contribution >= 0.6 is 0 Å². The van der Waals surface area contributed by atoms with Crippen LogP contribution in [0.1, 0.15) is 132 Å². The molecular formula is C36H46O3. The summed E-state index contributed by atoms with van der Waals surface area (Å²) in [6.07, 6.45) is 12.5. The molecule has 3 nitrogen and oxygen atoms in total. The number of aliphatic hydroxyl groups is 2. The van der Waals surface area contributed by atoms with Gasteiger partial charge < -0.3 is 14.9 Å². The van der Waals surface area contributed by atoms with E-state index in [-0.39, 0.29) is 19.1 Å². The first-order valence-electron chi connectivity index (χ1n) is 15.2. The van der Waals surface area contributed by atoms with Crippen LogP contribution in [0.25, 0.3) is 0 Å². The van der Waals surface area contributed by atoms with E-state index in [1.807, 2.05) is 6.07 Å². The van der Waals surface area contributed by atoms with Gasteiger partial charge in [0, 0.05) is 5.92 Å². The SMILES string of the molecule is COc1cc(C)c(C(c2cc(C3CCCCC3)c(CO)cc2C)c2ccccc2CO)cc1C1CCCCC1. The fraction of sp³-hybridized carbons (Fsp3) is 0.500. The van der Waals surface area contributed by atoms with Crippen LogP contribution in [0.3, 0.4) is 0 Å². The number of aliphatic hydroxyl groups excluding tert-OH is 2. The van der Waals surface area contributed by atoms with E-state index < -0.39 is 0 Å². The normalized spacial score (nSPS) is 17.8. The van der Waals surface area contributed by atoms with E-state index >= 15 is 0 Å². The van der Waals surface area contributed by atoms with Gasteiger partial charge in [-0.3, -0.25) is 0 Å². The molecule has 2 aliphatic carbocycles. The third kappa shape index (κ3) is 5.81. The molecule has 0 bridgehead atoms. The molecular weight excluding hydrogens is 480 g/mol. The highest BCUT2D eigenvalue weighted by Crippen LogP contribution is 2.45. The maximum absolute atomic E-state index is 10.4. The van der Waals surface area contributed by atoms with Gasteiger partial charge >= 0.3 is 0 Å². The molecule has 3 heteroatoms. The Kier molecular flexibility index (Phi) is 9.10. The predicted octanol–water partition coefficient (Wildman–Crippen LogP) is 8.57. The lowest BCUT2D eigenvalue weighted by molar-refractivity contribution is 0.278. The molecule has 5 rings (SSSR count). The van der Waals surface area contributed by atoms with E-state index in [9.17, 15) is 10.2 Å². The first kappa shape index (κ1) is 27.9. The molecule has 2 aliphatic rings. The maximum Gasteiger partial charge on any atom is 0.122 e. The number of methoxy groups -OCH3 is 1. The van der Waals surface area contributed by atoms with Gasteiger partial charge in [0.25, 0.3) is 0 Å². The summed E-state index contributed by atoms with van der Waals surface area (Å²) < 4.78 is 5.96. The van der Waals surface area contributed by atoms with E-state index in [4.69, 9.17) is 4.74 Å². The number of hydrogen-bond acceptors (Lipinski definition) is 3. The van der Waals surface area contributed by atoms with Crippen LogP contribution in [-0.2, 0) is 13.2 Å². The highest BCUT2D eigenvalue weighted by Gasteiger charge is 2.29. The van der Waals surface area contributed by atoms with Gasteiger partial charge in [-0.2, -0.15) is 0 Å². The Labute approximate surface area is 235 Å². The van der Waals surface area contributed by atoms with Gasteiger partial charge in [-0.15, -0.1) is 0 Å². The van der Waals surface area contributed by atoms with Crippen molar-refractivity contribution < 1.29 is 14.9 Å². The van der Waals surface area contributed by atoms with Crippen LogP contribution < -0.4 is 4.74 Å². The fourth-order valence-corrected chi connectivity index (χ4v) is 7.44. The third-order valence-electron chi connectivity index (χ3n) is 9.57. The van der Waals surface area contributed by atoms with E-state index in [1.165, 1.54) is 97.6 Å². The quantitative estimate of drug-likeness (QED) is 0.289. The molecule has 3 aromatic rings. The van der Waals surface area contributed by atoms with E-state index in [2.05, 4.69) is 56.3 Å². The average Bonchev–Trinajstić information content (AvgIpc) is 2.99. The zero-order valence-electron chi connectivity index (χ0n) is 24.1. The third-order valence-corrected chi connectivity index (χ3v) is 9.57. The van der Waals surface area contributed by atoms with Crippen LogP contribution in [0.2, 0.25) is 0 Å². The Morgan fingerprint density at radius 1 is 0.667 bits per heavy atom. The fourth-order valence-electron chi connectivity index (χ4n) is 7.44. The summed E-state index contributed by atoms with van der Waals surface area (Å²) in [5.74, 6) is 2.03. The monoisotopic (exact) mass is 526 g/mol. The topological polar surface area (TPSA) is 49.7 Å². The summed E-state index contributed by atoms with van der Waals surface area (Å²) in [7, 11) is 1.80. The minimum absolute atomic E-state index is 0.00307. The van der Waals surface area contributed by atoms with Crippen LogP contribution in [0.15, 0.2) is 48.5 Å². The van der Waals surface area contributed by atoms with Gasteiger partial charge in [0.1, 0.15) is 5.75 Å². The molecule has 39 heavy (non-hydrogen) atoms. The van der Waals surface area contributed by atoms with Crippen molar-refractivity contribution >= 4 is 0 Å². The second-order valence-electron chi connectivity index (χ2n) is 12.0. The average molecular weight is 527 g/mol. The molecule has 2 saturated carbocycles. The molecule has 1 atom stereocenters. The van der Waals surface area contributed by atoms with Crippen molar-refractivity contribution in [2.45, 2.75) is 109 Å². The Balaban J connectivity index is 1.73. The first-order valence-corrected chi connectivity index (χ1v) is 15.2. The molecule has 0 aliphatic heterocycles. The smallest absolute Gasteiger partial charge is 0.122 e. The number of benzene rings is 3. The van der Waals surface area contributed by atoms with Crippen molar-refractivity contribution in [3.05, 3.63) is 98.6 Å². The van der Waals surface area contributed by atoms with Crippen molar-refractivity contribution in [1.82, 2.24) is 0 Å². The van der Waals surface area contributed by atoms with Gasteiger partial charge in [0.15, 0.2) is 0 Å². The van der Waals surface area contributed by atoms with Crippen LogP contribution in [0, 0.1) is 13.8 Å². The van der Waals surface area contributed by atoms with Gasteiger partial charge in [-0.1, -0.05) is 81.0 Å². The zero-order valence-corrected chi connectivity index (χ0v) is 24.1. The van der Waals surface area contributed by atoms with Gasteiger partial charge in [-0.05, 0) is 108 Å². The van der Waals surface area contributed by atoms with Crippen molar-refractivity contribution in [2.24, 2.45) is 0 Å². The van der Waals surface area contributed by atoms with Crippen LogP contribution in [0.5, 0.6) is 5.75 Å². The molecule has 1 unspecified atom stereocenters. The molecule has 0 spiro atoms. The Morgan fingerprint density at radius 3 is 1.79 bits per heavy atom. The largest absolute Gasteiger partial charge is 0.496 e. The second kappa shape index (κ2) is 12.7. The lowest BCUT2D eigenvalue weighted by Crippen LogP contribution is -2.15. The summed E-state index contributed by atoms with van der Waals surface area (Å²) in [4.78, 5) is 0.